The van der Waals surface area contributed by atoms with Crippen LogP contribution in [0.15, 0.2) is 54.6 Å². The van der Waals surface area contributed by atoms with Crippen molar-refractivity contribution >= 4 is 17.5 Å². The van der Waals surface area contributed by atoms with Gasteiger partial charge in [0.25, 0.3) is 0 Å². The lowest BCUT2D eigenvalue weighted by Gasteiger charge is -2.05. The molecule has 0 N–H and O–H groups in total. The van der Waals surface area contributed by atoms with Gasteiger partial charge in [-0.2, -0.15) is 0 Å². The molecular formula is C19H18O4. The maximum absolute atomic E-state index is 12.0. The first kappa shape index (κ1) is 16.6. The van der Waals surface area contributed by atoms with Crippen LogP contribution >= 0.6 is 0 Å². The van der Waals surface area contributed by atoms with Gasteiger partial charge in [-0.25, -0.2) is 0 Å². The van der Waals surface area contributed by atoms with E-state index in [9.17, 15) is 14.4 Å². The van der Waals surface area contributed by atoms with Crippen molar-refractivity contribution in [2.24, 2.45) is 0 Å². The number of rotatable bonds is 7. The standard InChI is InChI=1S/C19H18O4/c1-14(20)7-12-19(22)23-13-18(21)17-10-8-16(9-11-17)15-5-3-2-4-6-15/h2-6,8-11H,7,12-13H2,1H3. The quantitative estimate of drug-likeness (QED) is 0.580. The highest BCUT2D eigenvalue weighted by molar-refractivity contribution is 5.98. The first-order valence-corrected chi connectivity index (χ1v) is 7.40. The fourth-order valence-corrected chi connectivity index (χ4v) is 2.06. The zero-order valence-corrected chi connectivity index (χ0v) is 13.0. The molecule has 0 aliphatic carbocycles. The zero-order chi connectivity index (χ0) is 16.7. The Bertz CT molecular complexity index is 687. The molecule has 0 fully saturated rings. The summed E-state index contributed by atoms with van der Waals surface area (Å²) in [6.45, 7) is 1.11. The number of Topliss-reactive ketones (excluding diaryl/α,β-unsaturated/α-hetero) is 2. The number of carbonyl (C=O) groups is 3. The minimum atomic E-state index is -0.533. The number of ether oxygens (including phenoxy) is 1. The Hall–Kier alpha value is -2.75. The summed E-state index contributed by atoms with van der Waals surface area (Å²) in [7, 11) is 0. The summed E-state index contributed by atoms with van der Waals surface area (Å²) in [5.74, 6) is -0.875. The molecule has 0 unspecified atom stereocenters. The topological polar surface area (TPSA) is 60.4 Å². The van der Waals surface area contributed by atoms with E-state index < -0.39 is 5.97 Å². The van der Waals surface area contributed by atoms with Crippen LogP contribution in [0.3, 0.4) is 0 Å². The van der Waals surface area contributed by atoms with Crippen LogP contribution in [-0.4, -0.2) is 24.1 Å². The van der Waals surface area contributed by atoms with Gasteiger partial charge in [0.05, 0.1) is 6.42 Å². The summed E-state index contributed by atoms with van der Waals surface area (Å²) in [5.41, 5.74) is 2.58. The Morgan fingerprint density at radius 3 is 2.04 bits per heavy atom. The lowest BCUT2D eigenvalue weighted by molar-refractivity contribution is -0.143. The molecule has 0 saturated carbocycles. The van der Waals surface area contributed by atoms with Crippen LogP contribution in [0.1, 0.15) is 30.1 Å². The molecule has 0 aliphatic heterocycles. The zero-order valence-electron chi connectivity index (χ0n) is 13.0. The van der Waals surface area contributed by atoms with Crippen LogP contribution in [0.5, 0.6) is 0 Å². The average molecular weight is 310 g/mol. The molecule has 0 aliphatic rings. The van der Waals surface area contributed by atoms with E-state index in [2.05, 4.69) is 0 Å². The van der Waals surface area contributed by atoms with E-state index in [0.717, 1.165) is 11.1 Å². The Labute approximate surface area is 135 Å². The molecule has 2 aromatic rings. The predicted molar refractivity (Wildman–Crippen MR) is 87.1 cm³/mol. The molecule has 0 heterocycles. The summed E-state index contributed by atoms with van der Waals surface area (Å²) in [4.78, 5) is 34.2. The average Bonchev–Trinajstić information content (AvgIpc) is 2.58. The third kappa shape index (κ3) is 5.18. The molecule has 118 valence electrons. The molecule has 0 bridgehead atoms. The fourth-order valence-electron chi connectivity index (χ4n) is 2.06. The first-order chi connectivity index (χ1) is 11.1. The van der Waals surface area contributed by atoms with Gasteiger partial charge in [-0.1, -0.05) is 54.6 Å². The summed E-state index contributed by atoms with van der Waals surface area (Å²) in [6.07, 6.45) is 0.147. The van der Waals surface area contributed by atoms with Gasteiger partial charge >= 0.3 is 5.97 Å². The van der Waals surface area contributed by atoms with Crippen molar-refractivity contribution in [1.82, 2.24) is 0 Å². The van der Waals surface area contributed by atoms with E-state index in [-0.39, 0.29) is 31.0 Å². The molecule has 2 rings (SSSR count). The molecule has 0 aromatic heterocycles. The first-order valence-electron chi connectivity index (χ1n) is 7.40. The van der Waals surface area contributed by atoms with Crippen LogP contribution in [0.4, 0.5) is 0 Å². The van der Waals surface area contributed by atoms with E-state index >= 15 is 0 Å². The Kier molecular flexibility index (Phi) is 5.80. The van der Waals surface area contributed by atoms with Crippen LogP contribution in [-0.2, 0) is 14.3 Å². The molecular weight excluding hydrogens is 292 g/mol. The predicted octanol–water partition coefficient (Wildman–Crippen LogP) is 3.45. The van der Waals surface area contributed by atoms with Crippen LogP contribution < -0.4 is 0 Å². The number of esters is 1. The minimum absolute atomic E-state index is 0.00948. The second-order valence-electron chi connectivity index (χ2n) is 5.23. The highest BCUT2D eigenvalue weighted by Gasteiger charge is 2.11. The summed E-state index contributed by atoms with van der Waals surface area (Å²) < 4.78 is 4.88. The van der Waals surface area contributed by atoms with Crippen LogP contribution in [0.25, 0.3) is 11.1 Å². The van der Waals surface area contributed by atoms with Crippen LogP contribution in [0.2, 0.25) is 0 Å². The molecule has 0 radical (unpaired) electrons. The van der Waals surface area contributed by atoms with Gasteiger partial charge in [0, 0.05) is 12.0 Å². The number of hydrogen-bond acceptors (Lipinski definition) is 4. The molecule has 0 saturated heterocycles. The van der Waals surface area contributed by atoms with Crippen molar-refractivity contribution in [3.05, 3.63) is 60.2 Å². The highest BCUT2D eigenvalue weighted by atomic mass is 16.5. The second kappa shape index (κ2) is 8.03. The van der Waals surface area contributed by atoms with Gasteiger partial charge in [-0.3, -0.25) is 9.59 Å². The Balaban J connectivity index is 1.90. The second-order valence-corrected chi connectivity index (χ2v) is 5.23. The summed E-state index contributed by atoms with van der Waals surface area (Å²) in [5, 5.41) is 0. The molecule has 0 amide bonds. The largest absolute Gasteiger partial charge is 0.457 e. The molecule has 23 heavy (non-hydrogen) atoms. The third-order valence-electron chi connectivity index (χ3n) is 3.36. The fraction of sp³-hybridized carbons (Fsp3) is 0.211. The number of benzene rings is 2. The van der Waals surface area contributed by atoms with E-state index in [1.54, 1.807) is 12.1 Å². The number of hydrogen-bond donors (Lipinski definition) is 0. The number of ketones is 2. The monoisotopic (exact) mass is 310 g/mol. The Morgan fingerprint density at radius 2 is 1.43 bits per heavy atom. The normalized spacial score (nSPS) is 10.1. The molecule has 0 spiro atoms. The summed E-state index contributed by atoms with van der Waals surface area (Å²) in [6, 6.07) is 17.0. The van der Waals surface area contributed by atoms with Crippen molar-refractivity contribution < 1.29 is 19.1 Å². The van der Waals surface area contributed by atoms with Gasteiger partial charge in [0.2, 0.25) is 0 Å². The molecule has 0 atom stereocenters. The third-order valence-corrected chi connectivity index (χ3v) is 3.36. The minimum Gasteiger partial charge on any atom is -0.457 e. The number of carbonyl (C=O) groups excluding carboxylic acids is 3. The van der Waals surface area contributed by atoms with E-state index in [1.165, 1.54) is 6.92 Å². The molecule has 2 aromatic carbocycles. The highest BCUT2D eigenvalue weighted by Crippen LogP contribution is 2.19. The van der Waals surface area contributed by atoms with Gasteiger partial charge in [0.1, 0.15) is 5.78 Å². The molecule has 4 nitrogen and oxygen atoms in total. The maximum Gasteiger partial charge on any atom is 0.306 e. The van der Waals surface area contributed by atoms with E-state index in [4.69, 9.17) is 4.74 Å². The van der Waals surface area contributed by atoms with Gasteiger partial charge in [0.15, 0.2) is 12.4 Å². The van der Waals surface area contributed by atoms with Crippen LogP contribution in [0, 0.1) is 0 Å². The van der Waals surface area contributed by atoms with Crippen molar-refractivity contribution in [1.29, 1.82) is 0 Å². The Morgan fingerprint density at radius 1 is 0.826 bits per heavy atom. The smallest absolute Gasteiger partial charge is 0.306 e. The van der Waals surface area contributed by atoms with Gasteiger partial charge in [-0.15, -0.1) is 0 Å². The van der Waals surface area contributed by atoms with E-state index in [1.807, 2.05) is 42.5 Å². The van der Waals surface area contributed by atoms with Crippen molar-refractivity contribution in [3.63, 3.8) is 0 Å². The summed E-state index contributed by atoms with van der Waals surface area (Å²) >= 11 is 0. The lowest BCUT2D eigenvalue weighted by atomic mass is 10.0. The van der Waals surface area contributed by atoms with Crippen molar-refractivity contribution in [2.45, 2.75) is 19.8 Å². The van der Waals surface area contributed by atoms with Crippen molar-refractivity contribution in [3.8, 4) is 11.1 Å². The molecule has 4 heteroatoms. The lowest BCUT2D eigenvalue weighted by Crippen LogP contribution is -2.14. The van der Waals surface area contributed by atoms with Gasteiger partial charge < -0.3 is 9.53 Å². The maximum atomic E-state index is 12.0. The van der Waals surface area contributed by atoms with Crippen molar-refractivity contribution in [2.75, 3.05) is 6.61 Å². The van der Waals surface area contributed by atoms with Gasteiger partial charge in [-0.05, 0) is 18.1 Å². The van der Waals surface area contributed by atoms with E-state index in [0.29, 0.717) is 5.56 Å². The SMILES string of the molecule is CC(=O)CCC(=O)OCC(=O)c1ccc(-c2ccccc2)cc1.